The van der Waals surface area contributed by atoms with E-state index in [4.69, 9.17) is 9.84 Å². The molecule has 94 valence electrons. The molecule has 0 spiro atoms. The van der Waals surface area contributed by atoms with E-state index in [0.29, 0.717) is 12.8 Å². The molecule has 3 atom stereocenters. The van der Waals surface area contributed by atoms with Crippen molar-refractivity contribution < 1.29 is 19.3 Å². The Morgan fingerprint density at radius 2 is 2.31 bits per heavy atom. The van der Waals surface area contributed by atoms with Crippen molar-refractivity contribution in [3.63, 3.8) is 0 Å². The molecule has 0 fully saturated rings. The second kappa shape index (κ2) is 4.82. The standard InChI is InChI=1S/C12H21FO3/c1-4-12(15,8-14)16-11(3)6-5-9(2)10(13)7-11/h7,9,14-15H,4-6,8H2,1-3H3/t9-,11-,12-/m0/s1. The lowest BCUT2D eigenvalue weighted by Crippen LogP contribution is -2.45. The Balaban J connectivity index is 2.80. The number of halogens is 1. The maximum Gasteiger partial charge on any atom is 0.189 e. The van der Waals surface area contributed by atoms with E-state index in [0.717, 1.165) is 0 Å². The normalized spacial score (nSPS) is 34.4. The van der Waals surface area contributed by atoms with Crippen LogP contribution in [0.5, 0.6) is 0 Å². The van der Waals surface area contributed by atoms with Crippen molar-refractivity contribution in [2.75, 3.05) is 6.61 Å². The predicted molar refractivity (Wildman–Crippen MR) is 59.4 cm³/mol. The largest absolute Gasteiger partial charge is 0.391 e. The molecule has 0 amide bonds. The van der Waals surface area contributed by atoms with Crippen LogP contribution in [0.1, 0.15) is 40.0 Å². The van der Waals surface area contributed by atoms with Gasteiger partial charge in [-0.15, -0.1) is 0 Å². The highest BCUT2D eigenvalue weighted by Gasteiger charge is 2.38. The molecular weight excluding hydrogens is 211 g/mol. The second-order valence-corrected chi connectivity index (χ2v) is 4.84. The lowest BCUT2D eigenvalue weighted by molar-refractivity contribution is -0.269. The summed E-state index contributed by atoms with van der Waals surface area (Å²) in [6.45, 7) is 4.79. The molecule has 0 aliphatic heterocycles. The highest BCUT2D eigenvalue weighted by atomic mass is 19.1. The Bertz CT molecular complexity index is 273. The SMILES string of the molecule is CC[C@@](O)(CO)O[C@]1(C)C=C(F)[C@@H](C)CC1. The monoisotopic (exact) mass is 232 g/mol. The summed E-state index contributed by atoms with van der Waals surface area (Å²) in [4.78, 5) is 0. The average Bonchev–Trinajstić information content (AvgIpc) is 2.24. The zero-order valence-electron chi connectivity index (χ0n) is 10.2. The molecule has 0 saturated carbocycles. The summed E-state index contributed by atoms with van der Waals surface area (Å²) in [5, 5.41) is 18.9. The van der Waals surface area contributed by atoms with Crippen LogP contribution in [0, 0.1) is 5.92 Å². The molecule has 1 aliphatic rings. The van der Waals surface area contributed by atoms with Crippen LogP contribution in [0.4, 0.5) is 4.39 Å². The lowest BCUT2D eigenvalue weighted by atomic mass is 9.86. The minimum Gasteiger partial charge on any atom is -0.391 e. The zero-order valence-corrected chi connectivity index (χ0v) is 10.2. The first-order valence-electron chi connectivity index (χ1n) is 5.76. The molecule has 4 heteroatoms. The fourth-order valence-electron chi connectivity index (χ4n) is 1.88. The van der Waals surface area contributed by atoms with Crippen molar-refractivity contribution in [3.8, 4) is 0 Å². The number of hydrogen-bond acceptors (Lipinski definition) is 3. The fraction of sp³-hybridized carbons (Fsp3) is 0.833. The van der Waals surface area contributed by atoms with Crippen molar-refractivity contribution in [3.05, 3.63) is 11.9 Å². The summed E-state index contributed by atoms with van der Waals surface area (Å²) in [7, 11) is 0. The minimum atomic E-state index is -1.58. The van der Waals surface area contributed by atoms with Gasteiger partial charge in [0.15, 0.2) is 5.79 Å². The molecular formula is C12H21FO3. The number of rotatable bonds is 4. The first-order valence-corrected chi connectivity index (χ1v) is 5.76. The molecule has 16 heavy (non-hydrogen) atoms. The van der Waals surface area contributed by atoms with Crippen molar-refractivity contribution >= 4 is 0 Å². The van der Waals surface area contributed by atoms with E-state index in [1.807, 2.05) is 6.92 Å². The summed E-state index contributed by atoms with van der Waals surface area (Å²) >= 11 is 0. The minimum absolute atomic E-state index is 0.0829. The van der Waals surface area contributed by atoms with Gasteiger partial charge in [-0.2, -0.15) is 0 Å². The van der Waals surface area contributed by atoms with Crippen LogP contribution >= 0.6 is 0 Å². The topological polar surface area (TPSA) is 49.7 Å². The Labute approximate surface area is 95.9 Å². The van der Waals surface area contributed by atoms with Crippen LogP contribution < -0.4 is 0 Å². The Morgan fingerprint density at radius 3 is 2.75 bits per heavy atom. The molecule has 1 rings (SSSR count). The highest BCUT2D eigenvalue weighted by molar-refractivity contribution is 5.11. The third-order valence-corrected chi connectivity index (χ3v) is 3.21. The quantitative estimate of drug-likeness (QED) is 0.730. The summed E-state index contributed by atoms with van der Waals surface area (Å²) in [6, 6.07) is 0. The number of aliphatic hydroxyl groups excluding tert-OH is 1. The summed E-state index contributed by atoms with van der Waals surface area (Å²) in [6.07, 6.45) is 3.01. The van der Waals surface area contributed by atoms with Gasteiger partial charge in [-0.25, -0.2) is 4.39 Å². The molecule has 0 unspecified atom stereocenters. The third-order valence-electron chi connectivity index (χ3n) is 3.21. The van der Waals surface area contributed by atoms with E-state index < -0.39 is 18.0 Å². The van der Waals surface area contributed by atoms with Crippen molar-refractivity contribution in [2.24, 2.45) is 5.92 Å². The maximum absolute atomic E-state index is 13.5. The van der Waals surface area contributed by atoms with E-state index in [2.05, 4.69) is 0 Å². The Hall–Kier alpha value is -0.450. The lowest BCUT2D eigenvalue weighted by Gasteiger charge is -2.39. The van der Waals surface area contributed by atoms with Gasteiger partial charge >= 0.3 is 0 Å². The van der Waals surface area contributed by atoms with Gasteiger partial charge in [-0.1, -0.05) is 13.8 Å². The van der Waals surface area contributed by atoms with Gasteiger partial charge < -0.3 is 14.9 Å². The highest BCUT2D eigenvalue weighted by Crippen LogP contribution is 2.36. The smallest absolute Gasteiger partial charge is 0.189 e. The number of aliphatic hydroxyl groups is 2. The number of hydrogen-bond donors (Lipinski definition) is 2. The van der Waals surface area contributed by atoms with E-state index in [1.165, 1.54) is 6.08 Å². The molecule has 0 aromatic rings. The van der Waals surface area contributed by atoms with Gasteiger partial charge in [0, 0.05) is 12.3 Å². The molecule has 2 N–H and O–H groups in total. The van der Waals surface area contributed by atoms with Gasteiger partial charge in [0.2, 0.25) is 0 Å². The van der Waals surface area contributed by atoms with Crippen LogP contribution in [0.25, 0.3) is 0 Å². The van der Waals surface area contributed by atoms with Crippen molar-refractivity contribution in [2.45, 2.75) is 51.4 Å². The predicted octanol–water partition coefficient (Wildman–Crippen LogP) is 2.14. The van der Waals surface area contributed by atoms with Crippen LogP contribution in [-0.4, -0.2) is 28.2 Å². The van der Waals surface area contributed by atoms with Crippen LogP contribution in [0.2, 0.25) is 0 Å². The first kappa shape index (κ1) is 13.6. The molecule has 0 bridgehead atoms. The maximum atomic E-state index is 13.5. The molecule has 0 saturated heterocycles. The summed E-state index contributed by atoms with van der Waals surface area (Å²) in [5.41, 5.74) is -0.829. The van der Waals surface area contributed by atoms with E-state index in [-0.39, 0.29) is 18.2 Å². The Kier molecular flexibility index (Phi) is 4.10. The Morgan fingerprint density at radius 1 is 1.69 bits per heavy atom. The molecule has 0 heterocycles. The van der Waals surface area contributed by atoms with Crippen LogP contribution in [0.3, 0.4) is 0 Å². The van der Waals surface area contributed by atoms with Crippen LogP contribution in [0.15, 0.2) is 11.9 Å². The molecule has 0 radical (unpaired) electrons. The second-order valence-electron chi connectivity index (χ2n) is 4.84. The number of allylic oxidation sites excluding steroid dienone is 1. The number of ether oxygens (including phenoxy) is 1. The summed E-state index contributed by atoms with van der Waals surface area (Å²) < 4.78 is 19.0. The van der Waals surface area contributed by atoms with E-state index in [9.17, 15) is 9.50 Å². The summed E-state index contributed by atoms with van der Waals surface area (Å²) in [5.74, 6) is -1.86. The van der Waals surface area contributed by atoms with Gasteiger partial charge in [-0.05, 0) is 25.8 Å². The fourth-order valence-corrected chi connectivity index (χ4v) is 1.88. The van der Waals surface area contributed by atoms with E-state index in [1.54, 1.807) is 13.8 Å². The molecule has 0 aromatic carbocycles. The molecule has 0 aromatic heterocycles. The van der Waals surface area contributed by atoms with Gasteiger partial charge in [0.05, 0.1) is 12.2 Å². The van der Waals surface area contributed by atoms with Gasteiger partial charge in [-0.3, -0.25) is 0 Å². The molecule has 1 aliphatic carbocycles. The zero-order chi connectivity index (χ0) is 12.4. The third kappa shape index (κ3) is 3.03. The van der Waals surface area contributed by atoms with E-state index >= 15 is 0 Å². The van der Waals surface area contributed by atoms with Gasteiger partial charge in [0.1, 0.15) is 5.83 Å². The van der Waals surface area contributed by atoms with Crippen LogP contribution in [-0.2, 0) is 4.74 Å². The average molecular weight is 232 g/mol. The first-order chi connectivity index (χ1) is 7.34. The van der Waals surface area contributed by atoms with Crippen molar-refractivity contribution in [1.82, 2.24) is 0 Å². The van der Waals surface area contributed by atoms with Gasteiger partial charge in [0.25, 0.3) is 0 Å². The molecule has 3 nitrogen and oxygen atoms in total. The van der Waals surface area contributed by atoms with Crippen molar-refractivity contribution in [1.29, 1.82) is 0 Å².